The van der Waals surface area contributed by atoms with Gasteiger partial charge in [0.2, 0.25) is 0 Å². The quantitative estimate of drug-likeness (QED) is 0.705. The zero-order valence-corrected chi connectivity index (χ0v) is 16.6. The topological polar surface area (TPSA) is 66.5 Å². The summed E-state index contributed by atoms with van der Waals surface area (Å²) in [6.45, 7) is 0.306. The Balaban J connectivity index is 1.68. The monoisotopic (exact) mass is 412 g/mol. The van der Waals surface area contributed by atoms with Crippen LogP contribution in [0.25, 0.3) is 11.1 Å². The van der Waals surface area contributed by atoms with Crippen LogP contribution in [0, 0.1) is 0 Å². The zero-order valence-electron chi connectivity index (χ0n) is 15.0. The summed E-state index contributed by atoms with van der Waals surface area (Å²) in [6.07, 6.45) is 0. The van der Waals surface area contributed by atoms with Gasteiger partial charge >= 0.3 is 0 Å². The summed E-state index contributed by atoms with van der Waals surface area (Å²) >= 11 is 6.13. The molecule has 0 unspecified atom stereocenters. The highest BCUT2D eigenvalue weighted by atomic mass is 35.5. The van der Waals surface area contributed by atoms with Crippen LogP contribution in [-0.2, 0) is 16.6 Å². The van der Waals surface area contributed by atoms with Gasteiger partial charge in [0.1, 0.15) is 0 Å². The van der Waals surface area contributed by atoms with Gasteiger partial charge in [-0.2, -0.15) is 0 Å². The van der Waals surface area contributed by atoms with Crippen LogP contribution in [0.2, 0.25) is 5.02 Å². The molecule has 28 heavy (non-hydrogen) atoms. The Kier molecular flexibility index (Phi) is 4.61. The van der Waals surface area contributed by atoms with Crippen molar-refractivity contribution in [1.82, 2.24) is 5.32 Å². The molecule has 7 heteroatoms. The van der Waals surface area contributed by atoms with Crippen LogP contribution in [0.4, 0.5) is 5.69 Å². The van der Waals surface area contributed by atoms with E-state index in [1.807, 2.05) is 18.2 Å². The van der Waals surface area contributed by atoms with Crippen LogP contribution in [0.5, 0.6) is 0 Å². The van der Waals surface area contributed by atoms with Crippen LogP contribution < -0.4 is 9.62 Å². The molecule has 3 aromatic carbocycles. The van der Waals surface area contributed by atoms with Crippen molar-refractivity contribution in [2.45, 2.75) is 11.4 Å². The Morgan fingerprint density at radius 1 is 1.00 bits per heavy atom. The van der Waals surface area contributed by atoms with Gasteiger partial charge in [0.05, 0.1) is 10.6 Å². The number of amides is 1. The minimum Gasteiger partial charge on any atom is -0.348 e. The molecule has 0 fully saturated rings. The van der Waals surface area contributed by atoms with Crippen molar-refractivity contribution in [3.05, 3.63) is 82.9 Å². The maximum absolute atomic E-state index is 12.7. The molecular weight excluding hydrogens is 396 g/mol. The first-order valence-electron chi connectivity index (χ1n) is 8.63. The summed E-state index contributed by atoms with van der Waals surface area (Å²) in [6, 6.07) is 19.1. The molecule has 1 N–H and O–H groups in total. The molecule has 0 bridgehead atoms. The Bertz CT molecular complexity index is 1190. The number of fused-ring (bicyclic) bond motifs is 3. The highest BCUT2D eigenvalue weighted by Crippen LogP contribution is 2.42. The second kappa shape index (κ2) is 6.96. The van der Waals surface area contributed by atoms with E-state index < -0.39 is 10.0 Å². The highest BCUT2D eigenvalue weighted by Gasteiger charge is 2.32. The number of carbonyl (C=O) groups excluding carboxylic acids is 1. The van der Waals surface area contributed by atoms with E-state index in [4.69, 9.17) is 11.6 Å². The SMILES string of the molecule is CN1c2ccc(C(=O)NCc3ccccc3Cl)cc2-c2ccccc2S1(=O)=O. The van der Waals surface area contributed by atoms with Crippen molar-refractivity contribution < 1.29 is 13.2 Å². The number of hydrogen-bond donors (Lipinski definition) is 1. The Labute approximate surface area is 168 Å². The van der Waals surface area contributed by atoms with E-state index in [2.05, 4.69) is 5.32 Å². The molecule has 3 aromatic rings. The predicted molar refractivity (Wildman–Crippen MR) is 110 cm³/mol. The third kappa shape index (κ3) is 3.04. The average Bonchev–Trinajstić information content (AvgIpc) is 2.71. The van der Waals surface area contributed by atoms with Crippen molar-refractivity contribution in [3.63, 3.8) is 0 Å². The minimum absolute atomic E-state index is 0.235. The number of nitrogens with zero attached hydrogens (tertiary/aromatic N) is 1. The van der Waals surface area contributed by atoms with Crippen LogP contribution in [0.1, 0.15) is 15.9 Å². The van der Waals surface area contributed by atoms with E-state index >= 15 is 0 Å². The number of anilines is 1. The molecule has 5 nitrogen and oxygen atoms in total. The van der Waals surface area contributed by atoms with Gasteiger partial charge in [-0.1, -0.05) is 48.0 Å². The molecule has 1 aliphatic heterocycles. The Morgan fingerprint density at radius 3 is 2.50 bits per heavy atom. The van der Waals surface area contributed by atoms with Gasteiger partial charge < -0.3 is 5.32 Å². The molecule has 0 radical (unpaired) electrons. The number of halogens is 1. The third-order valence-corrected chi connectivity index (χ3v) is 7.01. The van der Waals surface area contributed by atoms with Crippen molar-refractivity contribution in [2.75, 3.05) is 11.4 Å². The highest BCUT2D eigenvalue weighted by molar-refractivity contribution is 7.93. The molecular formula is C21H17ClN2O3S. The summed E-state index contributed by atoms with van der Waals surface area (Å²) in [5.41, 5.74) is 3.12. The second-order valence-electron chi connectivity index (χ2n) is 6.47. The van der Waals surface area contributed by atoms with Crippen LogP contribution >= 0.6 is 11.6 Å². The van der Waals surface area contributed by atoms with E-state index in [-0.39, 0.29) is 10.8 Å². The zero-order chi connectivity index (χ0) is 19.9. The fourth-order valence-electron chi connectivity index (χ4n) is 3.28. The van der Waals surface area contributed by atoms with Gasteiger partial charge in [-0.05, 0) is 35.9 Å². The molecule has 0 atom stereocenters. The standard InChI is InChI=1S/C21H17ClN2O3S/c1-24-19-11-10-14(21(25)23-13-15-6-2-4-8-18(15)22)12-17(19)16-7-3-5-9-20(16)28(24,26)27/h2-12H,13H2,1H3,(H,23,25). The lowest BCUT2D eigenvalue weighted by Crippen LogP contribution is -2.31. The van der Waals surface area contributed by atoms with Gasteiger partial charge in [-0.15, -0.1) is 0 Å². The van der Waals surface area contributed by atoms with Crippen molar-refractivity contribution in [3.8, 4) is 11.1 Å². The first kappa shape index (κ1) is 18.5. The van der Waals surface area contributed by atoms with Crippen molar-refractivity contribution >= 4 is 33.2 Å². The fraction of sp³-hybridized carbons (Fsp3) is 0.0952. The Hall–Kier alpha value is -2.83. The van der Waals surface area contributed by atoms with E-state index in [1.54, 1.807) is 48.5 Å². The predicted octanol–water partition coefficient (Wildman–Crippen LogP) is 4.08. The Morgan fingerprint density at radius 2 is 1.71 bits per heavy atom. The van der Waals surface area contributed by atoms with E-state index in [0.717, 1.165) is 5.56 Å². The van der Waals surface area contributed by atoms with Gasteiger partial charge in [-0.3, -0.25) is 9.10 Å². The second-order valence-corrected chi connectivity index (χ2v) is 8.82. The number of rotatable bonds is 3. The van der Waals surface area contributed by atoms with Crippen molar-refractivity contribution in [2.24, 2.45) is 0 Å². The fourth-order valence-corrected chi connectivity index (χ4v) is 4.90. The molecule has 0 saturated heterocycles. The number of hydrogen-bond acceptors (Lipinski definition) is 3. The normalized spacial score (nSPS) is 14.1. The molecule has 0 aliphatic carbocycles. The minimum atomic E-state index is -3.60. The number of carbonyl (C=O) groups is 1. The first-order valence-corrected chi connectivity index (χ1v) is 10.5. The first-order chi connectivity index (χ1) is 13.4. The van der Waals surface area contributed by atoms with Gasteiger partial charge in [0.15, 0.2) is 0 Å². The maximum atomic E-state index is 12.7. The smallest absolute Gasteiger partial charge is 0.264 e. The molecule has 0 saturated carbocycles. The van der Waals surface area contributed by atoms with E-state index in [1.165, 1.54) is 11.4 Å². The number of sulfonamides is 1. The number of benzene rings is 3. The summed E-state index contributed by atoms with van der Waals surface area (Å²) in [5.74, 6) is -0.253. The summed E-state index contributed by atoms with van der Waals surface area (Å²) in [7, 11) is -2.09. The van der Waals surface area contributed by atoms with Crippen molar-refractivity contribution in [1.29, 1.82) is 0 Å². The molecule has 142 valence electrons. The van der Waals surface area contributed by atoms with Gasteiger partial charge in [-0.25, -0.2) is 8.42 Å². The molecule has 0 spiro atoms. The van der Waals surface area contributed by atoms with Gasteiger partial charge in [0, 0.05) is 35.3 Å². The maximum Gasteiger partial charge on any atom is 0.264 e. The average molecular weight is 413 g/mol. The lowest BCUT2D eigenvalue weighted by atomic mass is 10.00. The number of nitrogens with one attached hydrogen (secondary N) is 1. The molecule has 1 heterocycles. The lowest BCUT2D eigenvalue weighted by Gasteiger charge is -2.29. The molecule has 0 aromatic heterocycles. The van der Waals surface area contributed by atoms with Gasteiger partial charge in [0.25, 0.3) is 15.9 Å². The van der Waals surface area contributed by atoms with Crippen LogP contribution in [0.15, 0.2) is 71.6 Å². The third-order valence-electron chi connectivity index (χ3n) is 4.81. The lowest BCUT2D eigenvalue weighted by molar-refractivity contribution is 0.0951. The summed E-state index contributed by atoms with van der Waals surface area (Å²) in [5, 5.41) is 3.45. The largest absolute Gasteiger partial charge is 0.348 e. The molecule has 4 rings (SSSR count). The molecule has 1 amide bonds. The summed E-state index contributed by atoms with van der Waals surface area (Å²) < 4.78 is 26.7. The molecule has 1 aliphatic rings. The van der Waals surface area contributed by atoms with Crippen LogP contribution in [-0.4, -0.2) is 21.4 Å². The summed E-state index contributed by atoms with van der Waals surface area (Å²) in [4.78, 5) is 12.9. The van der Waals surface area contributed by atoms with E-state index in [9.17, 15) is 13.2 Å². The van der Waals surface area contributed by atoms with Crippen LogP contribution in [0.3, 0.4) is 0 Å². The van der Waals surface area contributed by atoms with E-state index in [0.29, 0.717) is 33.9 Å².